The maximum absolute atomic E-state index is 12.2. The Labute approximate surface area is 119 Å². The van der Waals surface area contributed by atoms with Crippen molar-refractivity contribution in [3.05, 3.63) is 23.8 Å². The van der Waals surface area contributed by atoms with E-state index in [4.69, 9.17) is 11.5 Å². The molecular formula is C14H22N4O2. The molecule has 1 rings (SSSR count). The van der Waals surface area contributed by atoms with Gasteiger partial charge in [-0.1, -0.05) is 13.0 Å². The van der Waals surface area contributed by atoms with Crippen LogP contribution in [0.3, 0.4) is 0 Å². The smallest absolute Gasteiger partial charge is 0.241 e. The molecule has 0 bridgehead atoms. The van der Waals surface area contributed by atoms with Gasteiger partial charge in [0.25, 0.3) is 0 Å². The molecule has 0 radical (unpaired) electrons. The summed E-state index contributed by atoms with van der Waals surface area (Å²) in [6.45, 7) is 6.08. The molecule has 6 heteroatoms. The fourth-order valence-electron chi connectivity index (χ4n) is 1.91. The third-order valence-electron chi connectivity index (χ3n) is 3.33. The Hall–Kier alpha value is -2.08. The van der Waals surface area contributed by atoms with E-state index in [1.54, 1.807) is 30.0 Å². The maximum atomic E-state index is 12.2. The van der Waals surface area contributed by atoms with Crippen molar-refractivity contribution in [3.63, 3.8) is 0 Å². The van der Waals surface area contributed by atoms with Crippen molar-refractivity contribution in [2.24, 2.45) is 5.73 Å². The van der Waals surface area contributed by atoms with E-state index in [1.165, 1.54) is 0 Å². The van der Waals surface area contributed by atoms with E-state index in [0.29, 0.717) is 17.9 Å². The number of nitrogens with zero attached hydrogens (tertiary/aromatic N) is 1. The van der Waals surface area contributed by atoms with Crippen molar-refractivity contribution in [2.75, 3.05) is 24.1 Å². The molecular weight excluding hydrogens is 256 g/mol. The number of amides is 2. The fraction of sp³-hybridized carbons (Fsp3) is 0.429. The highest BCUT2D eigenvalue weighted by Gasteiger charge is 2.21. The topological polar surface area (TPSA) is 101 Å². The monoisotopic (exact) mass is 278 g/mol. The van der Waals surface area contributed by atoms with Gasteiger partial charge in [0.15, 0.2) is 0 Å². The largest absolute Gasteiger partial charge is 0.398 e. The highest BCUT2D eigenvalue weighted by atomic mass is 16.2. The number of hydrogen-bond acceptors (Lipinski definition) is 4. The van der Waals surface area contributed by atoms with Crippen LogP contribution in [0.2, 0.25) is 0 Å². The molecule has 0 spiro atoms. The van der Waals surface area contributed by atoms with Gasteiger partial charge < -0.3 is 16.8 Å². The van der Waals surface area contributed by atoms with Crippen LogP contribution in [0.5, 0.6) is 0 Å². The van der Waals surface area contributed by atoms with Gasteiger partial charge in [0, 0.05) is 11.4 Å². The SMILES string of the molecule is CCN(CC(N)=O)C(C)C(=O)Nc1cccc(N)c1C. The minimum atomic E-state index is -0.452. The lowest BCUT2D eigenvalue weighted by molar-refractivity contribution is -0.123. The van der Waals surface area contributed by atoms with Gasteiger partial charge in [-0.15, -0.1) is 0 Å². The van der Waals surface area contributed by atoms with Gasteiger partial charge in [0.1, 0.15) is 0 Å². The quantitative estimate of drug-likeness (QED) is 0.667. The average molecular weight is 278 g/mol. The Morgan fingerprint density at radius 2 is 2.05 bits per heavy atom. The van der Waals surface area contributed by atoms with E-state index < -0.39 is 11.9 Å². The van der Waals surface area contributed by atoms with Crippen LogP contribution in [0.1, 0.15) is 19.4 Å². The zero-order valence-corrected chi connectivity index (χ0v) is 12.1. The third-order valence-corrected chi connectivity index (χ3v) is 3.33. The van der Waals surface area contributed by atoms with E-state index in [1.807, 2.05) is 13.8 Å². The zero-order chi connectivity index (χ0) is 15.3. The molecule has 0 aliphatic heterocycles. The number of rotatable bonds is 6. The van der Waals surface area contributed by atoms with Crippen molar-refractivity contribution in [3.8, 4) is 0 Å². The highest BCUT2D eigenvalue weighted by molar-refractivity contribution is 5.96. The lowest BCUT2D eigenvalue weighted by atomic mass is 10.1. The summed E-state index contributed by atoms with van der Waals surface area (Å²) in [6, 6.07) is 4.90. The first-order valence-corrected chi connectivity index (χ1v) is 6.55. The van der Waals surface area contributed by atoms with Crippen LogP contribution < -0.4 is 16.8 Å². The first kappa shape index (κ1) is 16.0. The Balaban J connectivity index is 2.79. The molecule has 0 fully saturated rings. The Morgan fingerprint density at radius 1 is 1.40 bits per heavy atom. The number of hydrogen-bond donors (Lipinski definition) is 3. The summed E-state index contributed by atoms with van der Waals surface area (Å²) in [5, 5.41) is 2.83. The molecule has 1 atom stereocenters. The number of nitrogen functional groups attached to an aromatic ring is 1. The van der Waals surface area contributed by atoms with Crippen molar-refractivity contribution in [1.29, 1.82) is 0 Å². The van der Waals surface area contributed by atoms with E-state index >= 15 is 0 Å². The lowest BCUT2D eigenvalue weighted by Gasteiger charge is -2.25. The third kappa shape index (κ3) is 3.96. The zero-order valence-electron chi connectivity index (χ0n) is 12.1. The van der Waals surface area contributed by atoms with Crippen LogP contribution in [0.4, 0.5) is 11.4 Å². The van der Waals surface area contributed by atoms with Crippen LogP contribution in [0.25, 0.3) is 0 Å². The molecule has 20 heavy (non-hydrogen) atoms. The van der Waals surface area contributed by atoms with Crippen molar-refractivity contribution in [1.82, 2.24) is 4.90 Å². The predicted molar refractivity (Wildman–Crippen MR) is 80.1 cm³/mol. The van der Waals surface area contributed by atoms with Gasteiger partial charge in [-0.05, 0) is 38.1 Å². The van der Waals surface area contributed by atoms with E-state index in [0.717, 1.165) is 5.56 Å². The summed E-state index contributed by atoms with van der Waals surface area (Å²) in [5.41, 5.74) is 13.1. The molecule has 5 N–H and O–H groups in total. The maximum Gasteiger partial charge on any atom is 0.241 e. The number of carbonyl (C=O) groups is 2. The molecule has 0 saturated heterocycles. The second kappa shape index (κ2) is 6.91. The number of carbonyl (C=O) groups excluding carboxylic acids is 2. The Bertz CT molecular complexity index is 502. The van der Waals surface area contributed by atoms with Gasteiger partial charge in [0.2, 0.25) is 11.8 Å². The number of nitrogens with one attached hydrogen (secondary N) is 1. The molecule has 1 aromatic carbocycles. The molecule has 2 amide bonds. The summed E-state index contributed by atoms with van der Waals surface area (Å²) in [5.74, 6) is -0.645. The second-order valence-electron chi connectivity index (χ2n) is 4.71. The van der Waals surface area contributed by atoms with Gasteiger partial charge in [-0.2, -0.15) is 0 Å². The number of benzene rings is 1. The minimum absolute atomic E-state index is 0.0565. The molecule has 1 unspecified atom stereocenters. The normalized spacial score (nSPS) is 12.2. The number of likely N-dealkylation sites (N-methyl/N-ethyl adjacent to an activating group) is 1. The molecule has 0 aliphatic rings. The molecule has 6 nitrogen and oxygen atoms in total. The van der Waals surface area contributed by atoms with Crippen LogP contribution >= 0.6 is 0 Å². The first-order valence-electron chi connectivity index (χ1n) is 6.55. The molecule has 1 aromatic rings. The molecule has 0 aromatic heterocycles. The van der Waals surface area contributed by atoms with Crippen LogP contribution in [-0.4, -0.2) is 35.8 Å². The van der Waals surface area contributed by atoms with Crippen molar-refractivity contribution in [2.45, 2.75) is 26.8 Å². The first-order chi connectivity index (χ1) is 9.36. The van der Waals surface area contributed by atoms with Gasteiger partial charge in [-0.25, -0.2) is 0 Å². The fourth-order valence-corrected chi connectivity index (χ4v) is 1.91. The van der Waals surface area contributed by atoms with Crippen molar-refractivity contribution >= 4 is 23.2 Å². The molecule has 0 saturated carbocycles. The van der Waals surface area contributed by atoms with E-state index in [-0.39, 0.29) is 12.5 Å². The Morgan fingerprint density at radius 3 is 2.60 bits per heavy atom. The average Bonchev–Trinajstić information content (AvgIpc) is 2.40. The summed E-state index contributed by atoms with van der Waals surface area (Å²) >= 11 is 0. The minimum Gasteiger partial charge on any atom is -0.398 e. The van der Waals surface area contributed by atoms with Gasteiger partial charge >= 0.3 is 0 Å². The number of primary amides is 1. The Kier molecular flexibility index (Phi) is 5.52. The van der Waals surface area contributed by atoms with Crippen LogP contribution in [-0.2, 0) is 9.59 Å². The standard InChI is InChI=1S/C14H22N4O2/c1-4-18(8-13(16)19)10(3)14(20)17-12-7-5-6-11(15)9(12)2/h5-7,10H,4,8,15H2,1-3H3,(H2,16,19)(H,17,20). The van der Waals surface area contributed by atoms with Crippen molar-refractivity contribution < 1.29 is 9.59 Å². The molecule has 0 heterocycles. The summed E-state index contributed by atoms with van der Waals surface area (Å²) in [4.78, 5) is 24.9. The summed E-state index contributed by atoms with van der Waals surface area (Å²) in [7, 11) is 0. The number of anilines is 2. The predicted octanol–water partition coefficient (Wildman–Crippen LogP) is 0.711. The van der Waals surface area contributed by atoms with E-state index in [9.17, 15) is 9.59 Å². The van der Waals surface area contributed by atoms with Gasteiger partial charge in [-0.3, -0.25) is 14.5 Å². The molecule has 0 aliphatic carbocycles. The van der Waals surface area contributed by atoms with Gasteiger partial charge in [0.05, 0.1) is 12.6 Å². The van der Waals surface area contributed by atoms with E-state index in [2.05, 4.69) is 5.32 Å². The van der Waals surface area contributed by atoms with Crippen LogP contribution in [0, 0.1) is 6.92 Å². The van der Waals surface area contributed by atoms with Crippen LogP contribution in [0.15, 0.2) is 18.2 Å². The second-order valence-corrected chi connectivity index (χ2v) is 4.71. The number of nitrogens with two attached hydrogens (primary N) is 2. The lowest BCUT2D eigenvalue weighted by Crippen LogP contribution is -2.45. The highest BCUT2D eigenvalue weighted by Crippen LogP contribution is 2.20. The molecule has 110 valence electrons. The summed E-state index contributed by atoms with van der Waals surface area (Å²) in [6.07, 6.45) is 0. The summed E-state index contributed by atoms with van der Waals surface area (Å²) < 4.78 is 0.